The Kier molecular flexibility index (Phi) is 7.04. The molecule has 0 N–H and O–H groups in total. The summed E-state index contributed by atoms with van der Waals surface area (Å²) >= 11 is 0. The lowest BCUT2D eigenvalue weighted by molar-refractivity contribution is 0.0374. The fourth-order valence-corrected chi connectivity index (χ4v) is 2.75. The third kappa shape index (κ3) is 5.33. The summed E-state index contributed by atoms with van der Waals surface area (Å²) in [5.74, 6) is 1.07. The lowest BCUT2D eigenvalue weighted by Gasteiger charge is -2.26. The van der Waals surface area contributed by atoms with Gasteiger partial charge in [-0.1, -0.05) is 26.0 Å². The molecule has 3 nitrogen and oxygen atoms in total. The molecule has 1 heterocycles. The summed E-state index contributed by atoms with van der Waals surface area (Å²) in [7, 11) is 0. The van der Waals surface area contributed by atoms with Crippen molar-refractivity contribution in [3.63, 3.8) is 0 Å². The first-order chi connectivity index (χ1) is 10.3. The van der Waals surface area contributed by atoms with Gasteiger partial charge in [-0.3, -0.25) is 4.90 Å². The summed E-state index contributed by atoms with van der Waals surface area (Å²) in [4.78, 5) is 2.50. The van der Waals surface area contributed by atoms with Crippen LogP contribution >= 0.6 is 0 Å². The molecule has 1 aromatic carbocycles. The van der Waals surface area contributed by atoms with Gasteiger partial charge in [0.25, 0.3) is 0 Å². The van der Waals surface area contributed by atoms with E-state index >= 15 is 0 Å². The maximum Gasteiger partial charge on any atom is 0.122 e. The van der Waals surface area contributed by atoms with Gasteiger partial charge in [-0.25, -0.2) is 0 Å². The largest absolute Gasteiger partial charge is 0.493 e. The highest BCUT2D eigenvalue weighted by atomic mass is 16.5. The Morgan fingerprint density at radius 2 is 2.00 bits per heavy atom. The van der Waals surface area contributed by atoms with Gasteiger partial charge in [-0.05, 0) is 49.4 Å². The predicted molar refractivity (Wildman–Crippen MR) is 87.2 cm³/mol. The Labute approximate surface area is 129 Å². The van der Waals surface area contributed by atoms with E-state index in [1.165, 1.54) is 24.1 Å². The van der Waals surface area contributed by atoms with Crippen LogP contribution in [0.1, 0.15) is 37.8 Å². The molecule has 0 amide bonds. The second-order valence-electron chi connectivity index (χ2n) is 5.70. The van der Waals surface area contributed by atoms with Crippen LogP contribution in [0, 0.1) is 0 Å². The number of morpholine rings is 1. The highest BCUT2D eigenvalue weighted by Crippen LogP contribution is 2.22. The van der Waals surface area contributed by atoms with Crippen LogP contribution < -0.4 is 4.74 Å². The molecular weight excluding hydrogens is 262 g/mol. The van der Waals surface area contributed by atoms with E-state index in [9.17, 15) is 0 Å². The Morgan fingerprint density at radius 1 is 1.19 bits per heavy atom. The zero-order valence-electron chi connectivity index (χ0n) is 13.6. The fourth-order valence-electron chi connectivity index (χ4n) is 2.75. The van der Waals surface area contributed by atoms with Crippen LogP contribution in [0.2, 0.25) is 0 Å². The number of ether oxygens (including phenoxy) is 2. The van der Waals surface area contributed by atoms with E-state index in [0.29, 0.717) is 0 Å². The van der Waals surface area contributed by atoms with Gasteiger partial charge in [0, 0.05) is 13.1 Å². The zero-order valence-corrected chi connectivity index (χ0v) is 13.6. The third-order valence-electron chi connectivity index (χ3n) is 4.01. The van der Waals surface area contributed by atoms with Crippen LogP contribution in [0.4, 0.5) is 0 Å². The Hall–Kier alpha value is -1.06. The van der Waals surface area contributed by atoms with E-state index in [4.69, 9.17) is 9.47 Å². The molecule has 1 aromatic rings. The van der Waals surface area contributed by atoms with Gasteiger partial charge in [0.1, 0.15) is 5.75 Å². The van der Waals surface area contributed by atoms with Crippen LogP contribution in [0.25, 0.3) is 0 Å². The van der Waals surface area contributed by atoms with Gasteiger partial charge in [0.2, 0.25) is 0 Å². The Bertz CT molecular complexity index is 414. The van der Waals surface area contributed by atoms with Crippen LogP contribution in [-0.2, 0) is 17.6 Å². The maximum absolute atomic E-state index is 5.81. The minimum absolute atomic E-state index is 0.809. The topological polar surface area (TPSA) is 21.7 Å². The van der Waals surface area contributed by atoms with E-state index in [1.807, 2.05) is 0 Å². The fraction of sp³-hybridized carbons (Fsp3) is 0.667. The van der Waals surface area contributed by atoms with Gasteiger partial charge in [-0.15, -0.1) is 0 Å². The van der Waals surface area contributed by atoms with Gasteiger partial charge in [0.15, 0.2) is 0 Å². The monoisotopic (exact) mass is 291 g/mol. The van der Waals surface area contributed by atoms with Gasteiger partial charge < -0.3 is 9.47 Å². The molecule has 0 bridgehead atoms. The number of benzene rings is 1. The quantitative estimate of drug-likeness (QED) is 0.733. The molecule has 0 radical (unpaired) electrons. The van der Waals surface area contributed by atoms with Crippen molar-refractivity contribution in [3.05, 3.63) is 29.3 Å². The van der Waals surface area contributed by atoms with Crippen molar-refractivity contribution in [1.29, 1.82) is 0 Å². The first-order valence-electron chi connectivity index (χ1n) is 8.38. The number of rotatable bonds is 8. The lowest BCUT2D eigenvalue weighted by atomic mass is 10.0. The standard InChI is InChI=1S/C18H29NO2/c1-3-12-21-18-8-7-16(15-17(18)4-2)6-5-9-19-10-13-20-14-11-19/h7-8,15H,3-6,9-14H2,1-2H3. The highest BCUT2D eigenvalue weighted by Gasteiger charge is 2.10. The highest BCUT2D eigenvalue weighted by molar-refractivity contribution is 5.37. The molecule has 0 spiro atoms. The molecule has 0 saturated carbocycles. The molecule has 118 valence electrons. The molecule has 3 heteroatoms. The van der Waals surface area contributed by atoms with Gasteiger partial charge >= 0.3 is 0 Å². The summed E-state index contributed by atoms with van der Waals surface area (Å²) in [6.45, 7) is 10.3. The summed E-state index contributed by atoms with van der Waals surface area (Å²) in [6, 6.07) is 6.70. The van der Waals surface area contributed by atoms with Crippen molar-refractivity contribution < 1.29 is 9.47 Å². The van der Waals surface area contributed by atoms with Crippen molar-refractivity contribution in [1.82, 2.24) is 4.90 Å². The number of hydrogen-bond acceptors (Lipinski definition) is 3. The minimum Gasteiger partial charge on any atom is -0.493 e. The lowest BCUT2D eigenvalue weighted by Crippen LogP contribution is -2.36. The molecular formula is C18H29NO2. The average molecular weight is 291 g/mol. The van der Waals surface area contributed by atoms with E-state index in [2.05, 4.69) is 36.9 Å². The Morgan fingerprint density at radius 3 is 2.71 bits per heavy atom. The molecule has 2 rings (SSSR count). The molecule has 1 aliphatic rings. The van der Waals surface area contributed by atoms with Crippen LogP contribution in [0.15, 0.2) is 18.2 Å². The first kappa shape index (κ1) is 16.3. The zero-order chi connectivity index (χ0) is 14.9. The molecule has 1 saturated heterocycles. The van der Waals surface area contributed by atoms with Crippen LogP contribution in [0.5, 0.6) is 5.75 Å². The molecule has 0 aliphatic carbocycles. The van der Waals surface area contributed by atoms with E-state index < -0.39 is 0 Å². The number of nitrogens with zero attached hydrogens (tertiary/aromatic N) is 1. The number of aryl methyl sites for hydroxylation is 2. The summed E-state index contributed by atoms with van der Waals surface area (Å²) in [5, 5.41) is 0. The second-order valence-corrected chi connectivity index (χ2v) is 5.70. The number of hydrogen-bond donors (Lipinski definition) is 0. The Balaban J connectivity index is 1.82. The van der Waals surface area contributed by atoms with Gasteiger partial charge in [0.05, 0.1) is 19.8 Å². The van der Waals surface area contributed by atoms with Crippen molar-refractivity contribution in [2.24, 2.45) is 0 Å². The van der Waals surface area contributed by atoms with Crippen molar-refractivity contribution >= 4 is 0 Å². The molecule has 1 fully saturated rings. The third-order valence-corrected chi connectivity index (χ3v) is 4.01. The summed E-state index contributed by atoms with van der Waals surface area (Å²) in [6.07, 6.45) is 4.47. The normalized spacial score (nSPS) is 16.1. The summed E-state index contributed by atoms with van der Waals surface area (Å²) in [5.41, 5.74) is 2.77. The molecule has 21 heavy (non-hydrogen) atoms. The minimum atomic E-state index is 0.809. The molecule has 1 aliphatic heterocycles. The first-order valence-corrected chi connectivity index (χ1v) is 8.38. The van der Waals surface area contributed by atoms with Crippen molar-refractivity contribution in [2.75, 3.05) is 39.5 Å². The SMILES string of the molecule is CCCOc1ccc(CCCN2CCOCC2)cc1CC. The summed E-state index contributed by atoms with van der Waals surface area (Å²) < 4.78 is 11.2. The predicted octanol–water partition coefficient (Wildman–Crippen LogP) is 3.30. The van der Waals surface area contributed by atoms with Crippen LogP contribution in [-0.4, -0.2) is 44.4 Å². The van der Waals surface area contributed by atoms with E-state index in [1.54, 1.807) is 0 Å². The van der Waals surface area contributed by atoms with Crippen molar-refractivity contribution in [2.45, 2.75) is 39.5 Å². The molecule has 0 aromatic heterocycles. The van der Waals surface area contributed by atoms with E-state index in [0.717, 1.165) is 57.9 Å². The second kappa shape index (κ2) is 9.06. The molecule has 0 unspecified atom stereocenters. The van der Waals surface area contributed by atoms with Crippen molar-refractivity contribution in [3.8, 4) is 5.75 Å². The molecule has 0 atom stereocenters. The smallest absolute Gasteiger partial charge is 0.122 e. The average Bonchev–Trinajstić information content (AvgIpc) is 2.54. The van der Waals surface area contributed by atoms with Crippen LogP contribution in [0.3, 0.4) is 0 Å². The van der Waals surface area contributed by atoms with E-state index in [-0.39, 0.29) is 0 Å². The maximum atomic E-state index is 5.81. The van der Waals surface area contributed by atoms with Gasteiger partial charge in [-0.2, -0.15) is 0 Å².